The van der Waals surface area contributed by atoms with E-state index in [4.69, 9.17) is 14.2 Å². The minimum absolute atomic E-state index is 0.203. The molecule has 0 saturated carbocycles. The number of methoxy groups -OCH3 is 3. The molecule has 2 rings (SSSR count). The van der Waals surface area contributed by atoms with E-state index in [9.17, 15) is 4.79 Å². The van der Waals surface area contributed by atoms with Crippen LogP contribution in [0.25, 0.3) is 0 Å². The second-order valence-electron chi connectivity index (χ2n) is 5.09. The quantitative estimate of drug-likeness (QED) is 0.890. The van der Waals surface area contributed by atoms with Crippen molar-refractivity contribution in [3.63, 3.8) is 0 Å². The Bertz CT molecular complexity index is 672. The fourth-order valence-corrected chi connectivity index (χ4v) is 2.32. The summed E-state index contributed by atoms with van der Waals surface area (Å²) in [5.41, 5.74) is 2.66. The molecule has 0 heterocycles. The topological polar surface area (TPSA) is 56.8 Å². The van der Waals surface area contributed by atoms with Crippen molar-refractivity contribution in [2.75, 3.05) is 21.3 Å². The zero-order chi connectivity index (χ0) is 16.8. The van der Waals surface area contributed by atoms with E-state index < -0.39 is 0 Å². The van der Waals surface area contributed by atoms with Crippen molar-refractivity contribution in [2.24, 2.45) is 0 Å². The van der Waals surface area contributed by atoms with E-state index >= 15 is 0 Å². The fraction of sp³-hybridized carbons (Fsp3) is 0.278. The van der Waals surface area contributed by atoms with Gasteiger partial charge in [-0.1, -0.05) is 29.8 Å². The molecule has 0 aliphatic heterocycles. The van der Waals surface area contributed by atoms with E-state index in [1.807, 2.05) is 31.2 Å². The van der Waals surface area contributed by atoms with Gasteiger partial charge in [0.1, 0.15) is 0 Å². The number of hydrogen-bond acceptors (Lipinski definition) is 4. The summed E-state index contributed by atoms with van der Waals surface area (Å²) in [7, 11) is 4.56. The normalized spacial score (nSPS) is 10.1. The first kappa shape index (κ1) is 16.7. The van der Waals surface area contributed by atoms with Crippen molar-refractivity contribution in [2.45, 2.75) is 13.5 Å². The standard InChI is InChI=1S/C18H21NO4/c1-12-6-5-7-13(8-12)11-19-18(20)14-9-15(21-2)17(23-4)16(10-14)22-3/h5-10H,11H2,1-4H3,(H,19,20). The lowest BCUT2D eigenvalue weighted by atomic mass is 10.1. The summed E-state index contributed by atoms with van der Waals surface area (Å²) >= 11 is 0. The SMILES string of the molecule is COc1cc(C(=O)NCc2cccc(C)c2)cc(OC)c1OC. The summed E-state index contributed by atoms with van der Waals surface area (Å²) in [5.74, 6) is 1.16. The molecular weight excluding hydrogens is 294 g/mol. The van der Waals surface area contributed by atoms with Gasteiger partial charge in [0, 0.05) is 12.1 Å². The zero-order valence-electron chi connectivity index (χ0n) is 13.8. The van der Waals surface area contributed by atoms with E-state index in [1.165, 1.54) is 21.3 Å². The number of carbonyl (C=O) groups is 1. The first-order chi connectivity index (χ1) is 11.1. The molecule has 0 radical (unpaired) electrons. The number of amides is 1. The molecule has 5 heteroatoms. The summed E-state index contributed by atoms with van der Waals surface area (Å²) in [6, 6.07) is 11.3. The van der Waals surface area contributed by atoms with Crippen LogP contribution in [-0.2, 0) is 6.54 Å². The number of nitrogens with one attached hydrogen (secondary N) is 1. The summed E-state index contributed by atoms with van der Waals surface area (Å²) in [5, 5.41) is 2.89. The third kappa shape index (κ3) is 3.94. The molecule has 1 N–H and O–H groups in total. The Morgan fingerprint density at radius 2 is 1.65 bits per heavy atom. The lowest BCUT2D eigenvalue weighted by molar-refractivity contribution is 0.0950. The molecule has 0 saturated heterocycles. The molecule has 0 atom stereocenters. The van der Waals surface area contributed by atoms with Crippen LogP contribution < -0.4 is 19.5 Å². The van der Waals surface area contributed by atoms with E-state index in [0.717, 1.165) is 11.1 Å². The molecule has 0 spiro atoms. The van der Waals surface area contributed by atoms with E-state index in [-0.39, 0.29) is 5.91 Å². The van der Waals surface area contributed by atoms with Crippen molar-refractivity contribution in [3.8, 4) is 17.2 Å². The van der Waals surface area contributed by atoms with Crippen molar-refractivity contribution < 1.29 is 19.0 Å². The molecule has 0 aromatic heterocycles. The molecule has 23 heavy (non-hydrogen) atoms. The Hall–Kier alpha value is -2.69. The molecule has 122 valence electrons. The van der Waals surface area contributed by atoms with Gasteiger partial charge in [-0.25, -0.2) is 0 Å². The van der Waals surface area contributed by atoms with Gasteiger partial charge < -0.3 is 19.5 Å². The highest BCUT2D eigenvalue weighted by atomic mass is 16.5. The number of carbonyl (C=O) groups excluding carboxylic acids is 1. The maximum atomic E-state index is 12.4. The lowest BCUT2D eigenvalue weighted by Gasteiger charge is -2.14. The summed E-state index contributed by atoms with van der Waals surface area (Å²) in [6.45, 7) is 2.47. The van der Waals surface area contributed by atoms with Gasteiger partial charge in [0.05, 0.1) is 21.3 Å². The Morgan fingerprint density at radius 3 is 2.17 bits per heavy atom. The van der Waals surface area contributed by atoms with Crippen LogP contribution in [0.2, 0.25) is 0 Å². The van der Waals surface area contributed by atoms with Gasteiger partial charge in [-0.05, 0) is 24.6 Å². The predicted octanol–water partition coefficient (Wildman–Crippen LogP) is 2.95. The largest absolute Gasteiger partial charge is 0.493 e. The van der Waals surface area contributed by atoms with Crippen LogP contribution >= 0.6 is 0 Å². The summed E-state index contributed by atoms with van der Waals surface area (Å²) < 4.78 is 15.8. The maximum Gasteiger partial charge on any atom is 0.251 e. The minimum Gasteiger partial charge on any atom is -0.493 e. The van der Waals surface area contributed by atoms with Crippen molar-refractivity contribution in [1.29, 1.82) is 0 Å². The molecule has 0 unspecified atom stereocenters. The highest BCUT2D eigenvalue weighted by Gasteiger charge is 2.16. The summed E-state index contributed by atoms with van der Waals surface area (Å²) in [4.78, 5) is 12.4. The number of aryl methyl sites for hydroxylation is 1. The predicted molar refractivity (Wildman–Crippen MR) is 88.4 cm³/mol. The van der Waals surface area contributed by atoms with Gasteiger partial charge in [-0.2, -0.15) is 0 Å². The monoisotopic (exact) mass is 315 g/mol. The number of rotatable bonds is 6. The van der Waals surface area contributed by atoms with Crippen molar-refractivity contribution >= 4 is 5.91 Å². The van der Waals surface area contributed by atoms with Gasteiger partial charge in [0.15, 0.2) is 11.5 Å². The second kappa shape index (κ2) is 7.54. The van der Waals surface area contributed by atoms with Crippen LogP contribution in [0.5, 0.6) is 17.2 Å². The minimum atomic E-state index is -0.203. The van der Waals surface area contributed by atoms with Crippen LogP contribution in [-0.4, -0.2) is 27.2 Å². The molecule has 0 bridgehead atoms. The first-order valence-corrected chi connectivity index (χ1v) is 7.22. The van der Waals surface area contributed by atoms with Crippen LogP contribution in [0.4, 0.5) is 0 Å². The van der Waals surface area contributed by atoms with Gasteiger partial charge in [-0.3, -0.25) is 4.79 Å². The highest BCUT2D eigenvalue weighted by molar-refractivity contribution is 5.95. The Kier molecular flexibility index (Phi) is 5.46. The number of ether oxygens (including phenoxy) is 3. The van der Waals surface area contributed by atoms with Gasteiger partial charge >= 0.3 is 0 Å². The van der Waals surface area contributed by atoms with E-state index in [2.05, 4.69) is 5.32 Å². The third-order valence-electron chi connectivity index (χ3n) is 3.46. The molecule has 2 aromatic rings. The second-order valence-corrected chi connectivity index (χ2v) is 5.09. The maximum absolute atomic E-state index is 12.4. The zero-order valence-corrected chi connectivity index (χ0v) is 13.8. The van der Waals surface area contributed by atoms with Crippen LogP contribution in [0.3, 0.4) is 0 Å². The fourth-order valence-electron chi connectivity index (χ4n) is 2.32. The molecule has 0 fully saturated rings. The highest BCUT2D eigenvalue weighted by Crippen LogP contribution is 2.38. The Labute approximate surface area is 136 Å². The molecule has 0 aliphatic carbocycles. The molecule has 0 aliphatic rings. The number of benzene rings is 2. The first-order valence-electron chi connectivity index (χ1n) is 7.22. The lowest BCUT2D eigenvalue weighted by Crippen LogP contribution is -2.23. The van der Waals surface area contributed by atoms with E-state index in [1.54, 1.807) is 12.1 Å². The molecular formula is C18H21NO4. The smallest absolute Gasteiger partial charge is 0.251 e. The average molecular weight is 315 g/mol. The third-order valence-corrected chi connectivity index (χ3v) is 3.46. The van der Waals surface area contributed by atoms with Gasteiger partial charge in [0.25, 0.3) is 5.91 Å². The van der Waals surface area contributed by atoms with Gasteiger partial charge in [-0.15, -0.1) is 0 Å². The van der Waals surface area contributed by atoms with Crippen LogP contribution in [0.1, 0.15) is 21.5 Å². The average Bonchev–Trinajstić information content (AvgIpc) is 2.58. The Morgan fingerprint density at radius 1 is 1.00 bits per heavy atom. The number of hydrogen-bond donors (Lipinski definition) is 1. The molecule has 1 amide bonds. The van der Waals surface area contributed by atoms with Crippen LogP contribution in [0, 0.1) is 6.92 Å². The van der Waals surface area contributed by atoms with Crippen molar-refractivity contribution in [3.05, 3.63) is 53.1 Å². The van der Waals surface area contributed by atoms with E-state index in [0.29, 0.717) is 29.4 Å². The summed E-state index contributed by atoms with van der Waals surface area (Å²) in [6.07, 6.45) is 0. The molecule has 5 nitrogen and oxygen atoms in total. The van der Waals surface area contributed by atoms with Crippen molar-refractivity contribution in [1.82, 2.24) is 5.32 Å². The Balaban J connectivity index is 2.18. The van der Waals surface area contributed by atoms with Crippen LogP contribution in [0.15, 0.2) is 36.4 Å². The van der Waals surface area contributed by atoms with Gasteiger partial charge in [0.2, 0.25) is 5.75 Å². The molecule has 2 aromatic carbocycles.